The molecule has 37 heavy (non-hydrogen) atoms. The van der Waals surface area contributed by atoms with E-state index in [0.717, 1.165) is 9.87 Å². The van der Waals surface area contributed by atoms with Crippen LogP contribution in [-0.2, 0) is 19.6 Å². The Morgan fingerprint density at radius 2 is 1.70 bits per heavy atom. The number of aromatic nitrogens is 1. The Hall–Kier alpha value is -4.22. The van der Waals surface area contributed by atoms with Gasteiger partial charge < -0.3 is 19.6 Å². The number of benzene rings is 3. The van der Waals surface area contributed by atoms with Crippen LogP contribution in [0.4, 0.5) is 11.4 Å². The fourth-order valence-electron chi connectivity index (χ4n) is 3.58. The highest BCUT2D eigenvalue weighted by atomic mass is 32.2. The van der Waals surface area contributed by atoms with Crippen molar-refractivity contribution in [1.82, 2.24) is 4.98 Å². The number of carbonyl (C=O) groups excluding carboxylic acids is 1. The number of anilines is 1. The van der Waals surface area contributed by atoms with Crippen LogP contribution < -0.4 is 9.04 Å². The fraction of sp³-hybridized carbons (Fsp3) is 0.192. The van der Waals surface area contributed by atoms with Gasteiger partial charge >= 0.3 is 0 Å². The molecular formula is C26H26N4O6S. The van der Waals surface area contributed by atoms with Gasteiger partial charge in [-0.3, -0.25) is 9.10 Å². The highest BCUT2D eigenvalue weighted by Crippen LogP contribution is 2.35. The second-order valence-corrected chi connectivity index (χ2v) is 9.98. The second-order valence-electron chi connectivity index (χ2n) is 8.12. The average molecular weight is 523 g/mol. The summed E-state index contributed by atoms with van der Waals surface area (Å²) in [5.74, 6) is -0.566. The largest absolute Gasteiger partial charge is 0.493 e. The van der Waals surface area contributed by atoms with Gasteiger partial charge in [0.1, 0.15) is 18.9 Å². The van der Waals surface area contributed by atoms with Crippen LogP contribution in [0.3, 0.4) is 0 Å². The van der Waals surface area contributed by atoms with E-state index in [4.69, 9.17) is 9.47 Å². The van der Waals surface area contributed by atoms with E-state index in [1.807, 2.05) is 6.92 Å². The molecule has 0 aliphatic heterocycles. The molecule has 1 amide bonds. The molecule has 2 N–H and O–H groups in total. The molecule has 0 unspecified atom stereocenters. The number of ether oxygens (including phenoxy) is 2. The molecule has 0 aliphatic rings. The summed E-state index contributed by atoms with van der Waals surface area (Å²) in [5.41, 5.74) is 1.95. The van der Waals surface area contributed by atoms with Crippen LogP contribution >= 0.6 is 0 Å². The number of aromatic amines is 1. The molecule has 0 saturated heterocycles. The van der Waals surface area contributed by atoms with Crippen molar-refractivity contribution in [2.75, 3.05) is 31.2 Å². The average Bonchev–Trinajstić information content (AvgIpc) is 3.22. The lowest BCUT2D eigenvalue weighted by atomic mass is 10.2. The zero-order chi connectivity index (χ0) is 26.4. The summed E-state index contributed by atoms with van der Waals surface area (Å²) in [6.07, 6.45) is 0. The molecule has 0 saturated carbocycles. The molecule has 0 bridgehead atoms. The first kappa shape index (κ1) is 25.9. The van der Waals surface area contributed by atoms with Gasteiger partial charge in [-0.2, -0.15) is 0 Å². The normalized spacial score (nSPS) is 11.7. The minimum Gasteiger partial charge on any atom is -0.493 e. The molecule has 11 heteroatoms. The van der Waals surface area contributed by atoms with Gasteiger partial charge in [-0.15, -0.1) is 10.2 Å². The lowest BCUT2D eigenvalue weighted by Gasteiger charge is -2.23. The Morgan fingerprint density at radius 3 is 2.41 bits per heavy atom. The molecule has 3 aromatic carbocycles. The molecule has 0 radical (unpaired) electrons. The van der Waals surface area contributed by atoms with Crippen LogP contribution in [0.15, 0.2) is 87.9 Å². The Labute approximate surface area is 214 Å². The molecule has 1 heterocycles. The Balaban J connectivity index is 1.61. The standard InChI is InChI=1S/C26H26N4O6S/c1-18-7-9-19(10-8-18)30(37(33,34)21-13-11-20(12-14-21)36-16-15-35-2)17-24(31)28-29-25-22-5-3-4-6-23(22)27-26(25)32/h3-14,27,32H,15-17H2,1-2H3. The zero-order valence-corrected chi connectivity index (χ0v) is 21.1. The van der Waals surface area contributed by atoms with Gasteiger partial charge in [-0.1, -0.05) is 35.9 Å². The van der Waals surface area contributed by atoms with E-state index < -0.39 is 22.5 Å². The van der Waals surface area contributed by atoms with E-state index in [0.29, 0.717) is 35.6 Å². The molecule has 0 atom stereocenters. The SMILES string of the molecule is COCCOc1ccc(S(=O)(=O)N(CC(=O)N=Nc2c(O)[nH]c3ccccc23)c2ccc(C)cc2)cc1. The molecule has 1 aromatic heterocycles. The van der Waals surface area contributed by atoms with E-state index in [-0.39, 0.29) is 16.5 Å². The first-order valence-electron chi connectivity index (χ1n) is 11.3. The molecule has 0 spiro atoms. The van der Waals surface area contributed by atoms with Crippen molar-refractivity contribution < 1.29 is 27.8 Å². The first-order chi connectivity index (χ1) is 17.8. The Kier molecular flexibility index (Phi) is 7.85. The number of H-pyrrole nitrogens is 1. The number of aromatic hydroxyl groups is 1. The quantitative estimate of drug-likeness (QED) is 0.229. The highest BCUT2D eigenvalue weighted by molar-refractivity contribution is 7.92. The van der Waals surface area contributed by atoms with Crippen LogP contribution in [0.1, 0.15) is 5.56 Å². The van der Waals surface area contributed by atoms with Gasteiger partial charge in [-0.05, 0) is 49.4 Å². The van der Waals surface area contributed by atoms with E-state index in [9.17, 15) is 18.3 Å². The zero-order valence-electron chi connectivity index (χ0n) is 20.3. The molecule has 0 aliphatic carbocycles. The van der Waals surface area contributed by atoms with Crippen molar-refractivity contribution in [3.8, 4) is 11.6 Å². The number of hydrogen-bond donors (Lipinski definition) is 2. The molecule has 4 aromatic rings. The van der Waals surface area contributed by atoms with Crippen LogP contribution in [-0.4, -0.2) is 51.3 Å². The van der Waals surface area contributed by atoms with Gasteiger partial charge in [0.2, 0.25) is 5.88 Å². The number of azo groups is 1. The van der Waals surface area contributed by atoms with Crippen LogP contribution in [0.25, 0.3) is 10.9 Å². The van der Waals surface area contributed by atoms with E-state index in [1.54, 1.807) is 55.6 Å². The highest BCUT2D eigenvalue weighted by Gasteiger charge is 2.27. The van der Waals surface area contributed by atoms with Crippen molar-refractivity contribution in [3.05, 3.63) is 78.4 Å². The maximum atomic E-state index is 13.6. The van der Waals surface area contributed by atoms with Gasteiger partial charge in [0.25, 0.3) is 15.9 Å². The van der Waals surface area contributed by atoms with Crippen molar-refractivity contribution >= 4 is 38.2 Å². The van der Waals surface area contributed by atoms with Crippen LogP contribution in [0.2, 0.25) is 0 Å². The van der Waals surface area contributed by atoms with Crippen LogP contribution in [0.5, 0.6) is 11.6 Å². The predicted molar refractivity (Wildman–Crippen MR) is 139 cm³/mol. The summed E-state index contributed by atoms with van der Waals surface area (Å²) in [5, 5.41) is 18.3. The number of fused-ring (bicyclic) bond motifs is 1. The second kappa shape index (κ2) is 11.2. The third kappa shape index (κ3) is 5.96. The number of hydrogen-bond acceptors (Lipinski definition) is 7. The third-order valence-electron chi connectivity index (χ3n) is 5.49. The Bertz CT molecular complexity index is 1510. The Morgan fingerprint density at radius 1 is 1.00 bits per heavy atom. The number of sulfonamides is 1. The molecule has 192 valence electrons. The molecule has 4 rings (SSSR count). The van der Waals surface area contributed by atoms with Crippen molar-refractivity contribution in [2.24, 2.45) is 10.2 Å². The smallest absolute Gasteiger partial charge is 0.285 e. The molecule has 0 fully saturated rings. The minimum absolute atomic E-state index is 0.0221. The first-order valence-corrected chi connectivity index (χ1v) is 12.8. The van der Waals surface area contributed by atoms with Crippen LogP contribution in [0, 0.1) is 6.92 Å². The lowest BCUT2D eigenvalue weighted by Crippen LogP contribution is -2.35. The van der Waals surface area contributed by atoms with E-state index in [1.165, 1.54) is 24.3 Å². The maximum Gasteiger partial charge on any atom is 0.285 e. The van der Waals surface area contributed by atoms with E-state index in [2.05, 4.69) is 15.2 Å². The monoisotopic (exact) mass is 522 g/mol. The summed E-state index contributed by atoms with van der Waals surface area (Å²) >= 11 is 0. The van der Waals surface area contributed by atoms with Gasteiger partial charge in [-0.25, -0.2) is 8.42 Å². The van der Waals surface area contributed by atoms with Gasteiger partial charge in [0.15, 0.2) is 5.69 Å². The van der Waals surface area contributed by atoms with Gasteiger partial charge in [0.05, 0.1) is 22.7 Å². The molecular weight excluding hydrogens is 496 g/mol. The van der Waals surface area contributed by atoms with Crippen molar-refractivity contribution in [1.29, 1.82) is 0 Å². The summed E-state index contributed by atoms with van der Waals surface area (Å²) < 4.78 is 38.6. The van der Waals surface area contributed by atoms with Gasteiger partial charge in [0, 0.05) is 12.5 Å². The molecule has 10 nitrogen and oxygen atoms in total. The number of aryl methyl sites for hydroxylation is 1. The van der Waals surface area contributed by atoms with E-state index >= 15 is 0 Å². The number of nitrogens with zero attached hydrogens (tertiary/aromatic N) is 3. The fourth-order valence-corrected chi connectivity index (χ4v) is 4.99. The number of nitrogens with one attached hydrogen (secondary N) is 1. The maximum absolute atomic E-state index is 13.6. The minimum atomic E-state index is -4.14. The number of carbonyl (C=O) groups is 1. The topological polar surface area (TPSA) is 134 Å². The third-order valence-corrected chi connectivity index (χ3v) is 7.28. The van der Waals surface area contributed by atoms with Crippen molar-refractivity contribution in [3.63, 3.8) is 0 Å². The number of para-hydroxylation sites is 1. The predicted octanol–water partition coefficient (Wildman–Crippen LogP) is 4.71. The summed E-state index contributed by atoms with van der Waals surface area (Å²) in [6, 6.07) is 19.6. The summed E-state index contributed by atoms with van der Waals surface area (Å²) in [4.78, 5) is 15.6. The number of rotatable bonds is 10. The summed E-state index contributed by atoms with van der Waals surface area (Å²) in [7, 11) is -2.59. The number of methoxy groups -OCH3 is 1. The number of amides is 1. The van der Waals surface area contributed by atoms with Crippen molar-refractivity contribution in [2.45, 2.75) is 11.8 Å². The summed E-state index contributed by atoms with van der Waals surface area (Å²) in [6.45, 7) is 2.00. The lowest BCUT2D eigenvalue weighted by molar-refractivity contribution is -0.116.